The Morgan fingerprint density at radius 1 is 1.23 bits per heavy atom. The number of carbonyl (C=O) groups is 1. The predicted octanol–water partition coefficient (Wildman–Crippen LogP) is 2.26. The number of ether oxygens (including phenoxy) is 1. The smallest absolute Gasteiger partial charge is 0.254 e. The molecule has 1 atom stereocenters. The van der Waals surface area contributed by atoms with Crippen molar-refractivity contribution in [3.05, 3.63) is 66.4 Å². The van der Waals surface area contributed by atoms with Crippen LogP contribution in [0.15, 0.2) is 55.0 Å². The molecule has 3 aromatic rings. The third-order valence-electron chi connectivity index (χ3n) is 4.33. The molecule has 1 aromatic carbocycles. The maximum absolute atomic E-state index is 12.8. The fraction of sp³-hybridized carbons (Fsp3) is 0.263. The van der Waals surface area contributed by atoms with Crippen molar-refractivity contribution in [3.8, 4) is 11.6 Å². The van der Waals surface area contributed by atoms with Gasteiger partial charge in [-0.2, -0.15) is 10.1 Å². The van der Waals surface area contributed by atoms with Crippen LogP contribution in [0.2, 0.25) is 0 Å². The molecule has 7 heteroatoms. The van der Waals surface area contributed by atoms with Gasteiger partial charge in [-0.1, -0.05) is 6.07 Å². The molecule has 0 saturated carbocycles. The number of carbonyl (C=O) groups excluding carboxylic acids is 1. The lowest BCUT2D eigenvalue weighted by atomic mass is 10.2. The summed E-state index contributed by atoms with van der Waals surface area (Å²) < 4.78 is 7.64. The van der Waals surface area contributed by atoms with E-state index in [0.29, 0.717) is 30.4 Å². The molecule has 26 heavy (non-hydrogen) atoms. The van der Waals surface area contributed by atoms with E-state index in [2.05, 4.69) is 15.1 Å². The van der Waals surface area contributed by atoms with E-state index in [0.717, 1.165) is 12.1 Å². The van der Waals surface area contributed by atoms with Crippen molar-refractivity contribution in [1.29, 1.82) is 0 Å². The van der Waals surface area contributed by atoms with Crippen LogP contribution in [0, 0.1) is 6.92 Å². The largest absolute Gasteiger partial charge is 0.472 e. The number of aryl methyl sites for hydroxylation is 1. The van der Waals surface area contributed by atoms with Crippen molar-refractivity contribution in [3.63, 3.8) is 0 Å². The number of hydrogen-bond acceptors (Lipinski definition) is 5. The third-order valence-corrected chi connectivity index (χ3v) is 4.33. The lowest BCUT2D eigenvalue weighted by Crippen LogP contribution is -2.31. The van der Waals surface area contributed by atoms with Crippen LogP contribution in [0.4, 0.5) is 0 Å². The van der Waals surface area contributed by atoms with E-state index in [4.69, 9.17) is 4.74 Å². The van der Waals surface area contributed by atoms with Crippen LogP contribution in [-0.4, -0.2) is 49.7 Å². The van der Waals surface area contributed by atoms with E-state index >= 15 is 0 Å². The molecule has 132 valence electrons. The first-order chi connectivity index (χ1) is 12.7. The second-order valence-corrected chi connectivity index (χ2v) is 6.22. The fourth-order valence-electron chi connectivity index (χ4n) is 3.07. The van der Waals surface area contributed by atoms with Gasteiger partial charge in [0.25, 0.3) is 5.91 Å². The van der Waals surface area contributed by atoms with Gasteiger partial charge >= 0.3 is 0 Å². The first-order valence-corrected chi connectivity index (χ1v) is 8.55. The molecule has 4 rings (SSSR count). The maximum Gasteiger partial charge on any atom is 0.254 e. The highest BCUT2D eigenvalue weighted by Gasteiger charge is 2.28. The van der Waals surface area contributed by atoms with Gasteiger partial charge in [-0.3, -0.25) is 4.79 Å². The summed E-state index contributed by atoms with van der Waals surface area (Å²) in [5, 5.41) is 4.21. The lowest BCUT2D eigenvalue weighted by Gasteiger charge is -2.17. The Kier molecular flexibility index (Phi) is 4.35. The molecule has 0 radical (unpaired) electrons. The summed E-state index contributed by atoms with van der Waals surface area (Å²) in [5.74, 6) is 1.23. The van der Waals surface area contributed by atoms with Crippen LogP contribution in [-0.2, 0) is 0 Å². The molecule has 1 saturated heterocycles. The highest BCUT2D eigenvalue weighted by atomic mass is 16.5. The van der Waals surface area contributed by atoms with Crippen LogP contribution in [0.1, 0.15) is 22.6 Å². The number of aromatic nitrogens is 4. The van der Waals surface area contributed by atoms with Crippen molar-refractivity contribution in [2.45, 2.75) is 19.4 Å². The molecular formula is C19H19N5O2. The Labute approximate surface area is 151 Å². The highest BCUT2D eigenvalue weighted by Crippen LogP contribution is 2.19. The van der Waals surface area contributed by atoms with E-state index in [1.165, 1.54) is 0 Å². The van der Waals surface area contributed by atoms with Gasteiger partial charge in [-0.15, -0.1) is 0 Å². The number of nitrogens with zero attached hydrogens (tertiary/aromatic N) is 5. The molecule has 2 aromatic heterocycles. The first-order valence-electron chi connectivity index (χ1n) is 8.55. The average Bonchev–Trinajstić information content (AvgIpc) is 3.33. The molecule has 0 aliphatic carbocycles. The topological polar surface area (TPSA) is 73.1 Å². The van der Waals surface area contributed by atoms with Crippen molar-refractivity contribution in [1.82, 2.24) is 24.6 Å². The van der Waals surface area contributed by atoms with Gasteiger partial charge in [0.15, 0.2) is 0 Å². The van der Waals surface area contributed by atoms with Gasteiger partial charge in [0.1, 0.15) is 11.9 Å². The van der Waals surface area contributed by atoms with Gasteiger partial charge < -0.3 is 9.64 Å². The number of hydrogen-bond donors (Lipinski definition) is 0. The van der Waals surface area contributed by atoms with Crippen molar-refractivity contribution in [2.75, 3.05) is 13.1 Å². The first kappa shape index (κ1) is 16.3. The Bertz CT molecular complexity index is 910. The molecule has 0 N–H and O–H groups in total. The normalized spacial score (nSPS) is 16.7. The molecule has 0 spiro atoms. The number of rotatable bonds is 4. The highest BCUT2D eigenvalue weighted by molar-refractivity contribution is 5.95. The van der Waals surface area contributed by atoms with Crippen LogP contribution >= 0.6 is 0 Å². The second-order valence-electron chi connectivity index (χ2n) is 6.22. The SMILES string of the molecule is Cc1nccc(O[C@@H]2CCN(C(=O)c3cccc(-n4cccn4)c3)C2)n1. The zero-order valence-electron chi connectivity index (χ0n) is 14.4. The van der Waals surface area contributed by atoms with Crippen LogP contribution in [0.25, 0.3) is 5.69 Å². The molecule has 0 unspecified atom stereocenters. The summed E-state index contributed by atoms with van der Waals surface area (Å²) in [7, 11) is 0. The van der Waals surface area contributed by atoms with E-state index < -0.39 is 0 Å². The van der Waals surface area contributed by atoms with Crippen LogP contribution < -0.4 is 4.74 Å². The van der Waals surface area contributed by atoms with Crippen LogP contribution in [0.3, 0.4) is 0 Å². The van der Waals surface area contributed by atoms with E-state index in [1.807, 2.05) is 48.4 Å². The zero-order valence-corrected chi connectivity index (χ0v) is 14.4. The summed E-state index contributed by atoms with van der Waals surface area (Å²) in [6.45, 7) is 3.04. The molecule has 1 aliphatic rings. The van der Waals surface area contributed by atoms with Gasteiger partial charge in [0.05, 0.1) is 12.2 Å². The number of benzene rings is 1. The minimum absolute atomic E-state index is 0.00368. The summed E-state index contributed by atoms with van der Waals surface area (Å²) in [4.78, 5) is 23.0. The third kappa shape index (κ3) is 3.42. The van der Waals surface area contributed by atoms with Gasteiger partial charge in [-0.05, 0) is 31.2 Å². The Balaban J connectivity index is 1.44. The minimum atomic E-state index is -0.0532. The quantitative estimate of drug-likeness (QED) is 0.722. The lowest BCUT2D eigenvalue weighted by molar-refractivity contribution is 0.0771. The van der Waals surface area contributed by atoms with Crippen molar-refractivity contribution in [2.24, 2.45) is 0 Å². The molecule has 0 bridgehead atoms. The van der Waals surface area contributed by atoms with E-state index in [1.54, 1.807) is 23.1 Å². The molecule has 1 fully saturated rings. The number of likely N-dealkylation sites (tertiary alicyclic amines) is 1. The van der Waals surface area contributed by atoms with Gasteiger partial charge in [0.2, 0.25) is 5.88 Å². The summed E-state index contributed by atoms with van der Waals surface area (Å²) in [6.07, 6.45) is 5.98. The summed E-state index contributed by atoms with van der Waals surface area (Å²) in [5.41, 5.74) is 1.51. The maximum atomic E-state index is 12.8. The second kappa shape index (κ2) is 6.95. The van der Waals surface area contributed by atoms with Gasteiger partial charge in [0, 0.05) is 43.2 Å². The molecular weight excluding hydrogens is 330 g/mol. The monoisotopic (exact) mass is 349 g/mol. The molecule has 7 nitrogen and oxygen atoms in total. The van der Waals surface area contributed by atoms with Crippen molar-refractivity contribution < 1.29 is 9.53 Å². The van der Waals surface area contributed by atoms with Gasteiger partial charge in [-0.25, -0.2) is 9.67 Å². The molecule has 1 amide bonds. The average molecular weight is 349 g/mol. The summed E-state index contributed by atoms with van der Waals surface area (Å²) >= 11 is 0. The minimum Gasteiger partial charge on any atom is -0.472 e. The number of amides is 1. The Morgan fingerprint density at radius 2 is 2.15 bits per heavy atom. The van der Waals surface area contributed by atoms with E-state index in [9.17, 15) is 4.79 Å². The standard InChI is InChI=1S/C19H19N5O2/c1-14-20-9-6-18(22-14)26-17-7-11-23(13-17)19(25)15-4-2-5-16(12-15)24-10-3-8-21-24/h2-6,8-10,12,17H,7,11,13H2,1H3/t17-/m1/s1. The van der Waals surface area contributed by atoms with E-state index in [-0.39, 0.29) is 12.0 Å². The molecule has 3 heterocycles. The van der Waals surface area contributed by atoms with Crippen LogP contribution in [0.5, 0.6) is 5.88 Å². The zero-order chi connectivity index (χ0) is 17.9. The Hall–Kier alpha value is -3.22. The predicted molar refractivity (Wildman–Crippen MR) is 95.3 cm³/mol. The molecule has 1 aliphatic heterocycles. The summed E-state index contributed by atoms with van der Waals surface area (Å²) in [6, 6.07) is 11.1. The van der Waals surface area contributed by atoms with Crippen molar-refractivity contribution >= 4 is 5.91 Å². The fourth-order valence-corrected chi connectivity index (χ4v) is 3.07. The Morgan fingerprint density at radius 3 is 2.96 bits per heavy atom.